The third-order valence-corrected chi connectivity index (χ3v) is 10.7. The molecule has 0 atom stereocenters. The lowest BCUT2D eigenvalue weighted by Gasteiger charge is -2.27. The summed E-state index contributed by atoms with van der Waals surface area (Å²) in [5.41, 5.74) is 15.9. The van der Waals surface area contributed by atoms with Crippen molar-refractivity contribution in [1.82, 2.24) is 9.55 Å². The number of hydrogen-bond donors (Lipinski definition) is 0. The van der Waals surface area contributed by atoms with Crippen LogP contribution >= 0.6 is 0 Å². The molecule has 8 aromatic carbocycles. The quantitative estimate of drug-likeness (QED) is 0.156. The van der Waals surface area contributed by atoms with Gasteiger partial charge >= 0.3 is 0 Å². The van der Waals surface area contributed by atoms with Crippen molar-refractivity contribution in [2.45, 2.75) is 0 Å². The highest BCUT2D eigenvalue weighted by Gasteiger charge is 2.18. The van der Waals surface area contributed by atoms with E-state index < -0.39 is 0 Å². The van der Waals surface area contributed by atoms with E-state index in [2.05, 4.69) is 222 Å². The van der Waals surface area contributed by atoms with Crippen LogP contribution in [-0.4, -0.2) is 9.55 Å². The second-order valence-electron chi connectivity index (χ2n) is 14.0. The summed E-state index contributed by atoms with van der Waals surface area (Å²) in [6.45, 7) is 0. The summed E-state index contributed by atoms with van der Waals surface area (Å²) >= 11 is 0. The first-order chi connectivity index (χ1) is 27.8. The zero-order chi connectivity index (χ0) is 37.3. The third-order valence-electron chi connectivity index (χ3n) is 10.7. The summed E-state index contributed by atoms with van der Waals surface area (Å²) in [5.74, 6) is 0. The largest absolute Gasteiger partial charge is 0.310 e. The van der Waals surface area contributed by atoms with Gasteiger partial charge < -0.3 is 4.90 Å². The number of anilines is 3. The monoisotopic (exact) mass is 715 g/mol. The number of para-hydroxylation sites is 1. The lowest BCUT2D eigenvalue weighted by Crippen LogP contribution is -2.10. The molecule has 264 valence electrons. The molecule has 10 rings (SSSR count). The molecule has 0 saturated heterocycles. The Morgan fingerprint density at radius 2 is 0.857 bits per heavy atom. The number of rotatable bonds is 8. The summed E-state index contributed by atoms with van der Waals surface area (Å²) in [7, 11) is 0. The predicted octanol–water partition coefficient (Wildman–Crippen LogP) is 14.3. The maximum atomic E-state index is 4.81. The van der Waals surface area contributed by atoms with Gasteiger partial charge in [-0.15, -0.1) is 0 Å². The average Bonchev–Trinajstić information content (AvgIpc) is 3.62. The van der Waals surface area contributed by atoms with Gasteiger partial charge in [-0.05, 0) is 111 Å². The van der Waals surface area contributed by atoms with Crippen molar-refractivity contribution in [3.8, 4) is 50.2 Å². The summed E-state index contributed by atoms with van der Waals surface area (Å²) in [4.78, 5) is 7.17. The Balaban J connectivity index is 1.07. The van der Waals surface area contributed by atoms with Gasteiger partial charge in [0, 0.05) is 39.7 Å². The molecule has 56 heavy (non-hydrogen) atoms. The first kappa shape index (κ1) is 33.1. The highest BCUT2D eigenvalue weighted by Crippen LogP contribution is 2.42. The molecule has 0 spiro atoms. The molecule has 2 heterocycles. The lowest BCUT2D eigenvalue weighted by atomic mass is 9.93. The fraction of sp³-hybridized carbons (Fsp3) is 0. The van der Waals surface area contributed by atoms with Gasteiger partial charge in [0.15, 0.2) is 0 Å². The number of pyridine rings is 1. The first-order valence-corrected chi connectivity index (χ1v) is 19.0. The first-order valence-electron chi connectivity index (χ1n) is 19.0. The fourth-order valence-corrected chi connectivity index (χ4v) is 7.96. The van der Waals surface area contributed by atoms with Crippen LogP contribution in [0.3, 0.4) is 0 Å². The molecule has 3 nitrogen and oxygen atoms in total. The van der Waals surface area contributed by atoms with Crippen LogP contribution in [0, 0.1) is 0 Å². The molecule has 0 aliphatic heterocycles. The van der Waals surface area contributed by atoms with E-state index in [9.17, 15) is 0 Å². The van der Waals surface area contributed by atoms with Crippen molar-refractivity contribution in [2.75, 3.05) is 4.90 Å². The van der Waals surface area contributed by atoms with Crippen molar-refractivity contribution in [3.63, 3.8) is 0 Å². The molecule has 0 aliphatic carbocycles. The van der Waals surface area contributed by atoms with E-state index in [0.717, 1.165) is 50.4 Å². The number of benzene rings is 8. The van der Waals surface area contributed by atoms with Crippen LogP contribution in [0.5, 0.6) is 0 Å². The Hall–Kier alpha value is -7.49. The highest BCUT2D eigenvalue weighted by molar-refractivity contribution is 6.07. The minimum Gasteiger partial charge on any atom is -0.310 e. The zero-order valence-electron chi connectivity index (χ0n) is 30.7. The number of nitrogens with zero attached hydrogens (tertiary/aromatic N) is 3. The summed E-state index contributed by atoms with van der Waals surface area (Å²) < 4.78 is 2.27. The van der Waals surface area contributed by atoms with Crippen LogP contribution < -0.4 is 4.90 Å². The lowest BCUT2D eigenvalue weighted by molar-refractivity contribution is 1.14. The van der Waals surface area contributed by atoms with Gasteiger partial charge in [0.05, 0.1) is 5.52 Å². The van der Waals surface area contributed by atoms with Crippen LogP contribution in [0.4, 0.5) is 17.1 Å². The van der Waals surface area contributed by atoms with Crippen molar-refractivity contribution >= 4 is 39.0 Å². The van der Waals surface area contributed by atoms with Crippen molar-refractivity contribution < 1.29 is 0 Å². The van der Waals surface area contributed by atoms with E-state index in [1.807, 2.05) is 12.3 Å². The van der Waals surface area contributed by atoms with Crippen LogP contribution in [0.2, 0.25) is 0 Å². The molecule has 0 radical (unpaired) electrons. The number of fused-ring (bicyclic) bond motifs is 3. The van der Waals surface area contributed by atoms with Crippen LogP contribution in [0.15, 0.2) is 225 Å². The van der Waals surface area contributed by atoms with E-state index in [1.165, 1.54) is 38.8 Å². The molecule has 3 heteroatoms. The second kappa shape index (κ2) is 14.4. The minimum atomic E-state index is 0.961. The molecule has 0 unspecified atom stereocenters. The van der Waals surface area contributed by atoms with Gasteiger partial charge in [-0.1, -0.05) is 152 Å². The predicted molar refractivity (Wildman–Crippen MR) is 235 cm³/mol. The van der Waals surface area contributed by atoms with Gasteiger partial charge in [0.1, 0.15) is 5.65 Å². The normalized spacial score (nSPS) is 11.2. The Labute approximate surface area is 327 Å². The summed E-state index contributed by atoms with van der Waals surface area (Å²) in [6, 6.07) is 78.1. The van der Waals surface area contributed by atoms with Gasteiger partial charge in [0.25, 0.3) is 0 Å². The Morgan fingerprint density at radius 1 is 0.339 bits per heavy atom. The van der Waals surface area contributed by atoms with Crippen LogP contribution in [-0.2, 0) is 0 Å². The number of aromatic nitrogens is 2. The third kappa shape index (κ3) is 6.12. The molecule has 0 aliphatic rings. The van der Waals surface area contributed by atoms with Gasteiger partial charge in [-0.25, -0.2) is 4.98 Å². The molecule has 0 fully saturated rings. The van der Waals surface area contributed by atoms with Crippen LogP contribution in [0.25, 0.3) is 72.1 Å². The smallest absolute Gasteiger partial charge is 0.145 e. The van der Waals surface area contributed by atoms with E-state index in [1.54, 1.807) is 0 Å². The van der Waals surface area contributed by atoms with Crippen molar-refractivity contribution in [1.29, 1.82) is 0 Å². The van der Waals surface area contributed by atoms with Crippen molar-refractivity contribution in [3.05, 3.63) is 225 Å². The maximum absolute atomic E-state index is 4.81. The van der Waals surface area contributed by atoms with Crippen LogP contribution in [0.1, 0.15) is 0 Å². The molecule has 10 aromatic rings. The van der Waals surface area contributed by atoms with E-state index in [-0.39, 0.29) is 0 Å². The number of hydrogen-bond acceptors (Lipinski definition) is 2. The molecular formula is C53H37N3. The SMILES string of the molecule is c1ccc(-c2ccc(N(c3ccc(-c4cccc(-n5c6ccccc6c6cccnc65)c4)cc3)c3ccc(-c4ccccc4)c(-c4ccccc4)c3)cc2)cc1. The molecule has 0 N–H and O–H groups in total. The van der Waals surface area contributed by atoms with E-state index >= 15 is 0 Å². The Kier molecular flexibility index (Phi) is 8.51. The fourth-order valence-electron chi connectivity index (χ4n) is 7.96. The average molecular weight is 716 g/mol. The Morgan fingerprint density at radius 3 is 1.54 bits per heavy atom. The minimum absolute atomic E-state index is 0.961. The topological polar surface area (TPSA) is 21.1 Å². The molecule has 0 saturated carbocycles. The standard InChI is InChI=1S/C53H37N3/c1-4-14-38(15-5-1)39-25-29-44(30-26-39)55(47-33-34-48(41-16-6-2-7-17-41)51(37-47)42-18-8-3-9-19-42)45-31-27-40(28-32-45)43-20-12-21-46(36-43)56-52-24-11-10-22-49(52)50-23-13-35-54-53(50)56/h1-37H. The van der Waals surface area contributed by atoms with Crippen molar-refractivity contribution in [2.24, 2.45) is 0 Å². The Bertz CT molecular complexity index is 2880. The van der Waals surface area contributed by atoms with Gasteiger partial charge in [-0.3, -0.25) is 4.57 Å². The van der Waals surface area contributed by atoms with E-state index in [4.69, 9.17) is 4.98 Å². The summed E-state index contributed by atoms with van der Waals surface area (Å²) in [6.07, 6.45) is 1.87. The highest BCUT2D eigenvalue weighted by atomic mass is 15.1. The molecular weight excluding hydrogens is 679 g/mol. The van der Waals surface area contributed by atoms with Gasteiger partial charge in [-0.2, -0.15) is 0 Å². The maximum Gasteiger partial charge on any atom is 0.145 e. The zero-order valence-corrected chi connectivity index (χ0v) is 30.7. The molecule has 2 aromatic heterocycles. The van der Waals surface area contributed by atoms with Gasteiger partial charge in [0.2, 0.25) is 0 Å². The second-order valence-corrected chi connectivity index (χ2v) is 14.0. The van der Waals surface area contributed by atoms with E-state index in [0.29, 0.717) is 0 Å². The molecule has 0 bridgehead atoms. The molecule has 0 amide bonds. The summed E-state index contributed by atoms with van der Waals surface area (Å²) in [5, 5.41) is 2.36.